The molecule has 0 aliphatic carbocycles. The molecule has 0 atom stereocenters. The van der Waals surface area contributed by atoms with E-state index >= 15 is 0 Å². The van der Waals surface area contributed by atoms with Gasteiger partial charge in [-0.2, -0.15) is 18.2 Å². The Hall–Kier alpha value is -1.46. The van der Waals surface area contributed by atoms with Crippen LogP contribution in [0.15, 0.2) is 18.2 Å². The Morgan fingerprint density at radius 3 is 2.72 bits per heavy atom. The van der Waals surface area contributed by atoms with Gasteiger partial charge in [0.2, 0.25) is 5.88 Å². The summed E-state index contributed by atoms with van der Waals surface area (Å²) in [4.78, 5) is 4.15. The van der Waals surface area contributed by atoms with Crippen LogP contribution in [0.25, 0.3) is 0 Å². The lowest BCUT2D eigenvalue weighted by atomic mass is 10.2. The number of nitrogens with one attached hydrogen (secondary N) is 1. The van der Waals surface area contributed by atoms with Crippen LogP contribution >= 0.6 is 0 Å². The molecular formula is C12H17F3N2O. The van der Waals surface area contributed by atoms with Crippen LogP contribution in [0.5, 0.6) is 5.88 Å². The lowest BCUT2D eigenvalue weighted by molar-refractivity contribution is -0.135. The van der Waals surface area contributed by atoms with Gasteiger partial charge in [-0.15, -0.1) is 0 Å². The molecule has 1 aromatic rings. The fraction of sp³-hybridized carbons (Fsp3) is 0.583. The van der Waals surface area contributed by atoms with Gasteiger partial charge in [0, 0.05) is 19.0 Å². The first kappa shape index (κ1) is 14.6. The smallest absolute Gasteiger partial charge is 0.389 e. The second-order valence-electron chi connectivity index (χ2n) is 3.79. The van der Waals surface area contributed by atoms with E-state index in [0.29, 0.717) is 31.3 Å². The van der Waals surface area contributed by atoms with Crippen molar-refractivity contribution in [2.45, 2.75) is 32.4 Å². The average molecular weight is 262 g/mol. The number of rotatable bonds is 7. The number of alkyl halides is 3. The maximum absolute atomic E-state index is 11.9. The maximum atomic E-state index is 11.9. The minimum atomic E-state index is -4.06. The highest BCUT2D eigenvalue weighted by atomic mass is 19.4. The molecule has 1 N–H and O–H groups in total. The number of anilines is 1. The third-order valence-corrected chi connectivity index (χ3v) is 2.21. The molecule has 0 saturated heterocycles. The van der Waals surface area contributed by atoms with E-state index in [0.717, 1.165) is 0 Å². The Balaban J connectivity index is 2.24. The highest BCUT2D eigenvalue weighted by molar-refractivity contribution is 5.36. The lowest BCUT2D eigenvalue weighted by Crippen LogP contribution is -2.09. The van der Waals surface area contributed by atoms with Gasteiger partial charge in [0.05, 0.1) is 6.61 Å². The van der Waals surface area contributed by atoms with Crippen LogP contribution in [0.1, 0.15) is 26.2 Å². The predicted molar refractivity (Wildman–Crippen MR) is 63.8 cm³/mol. The van der Waals surface area contributed by atoms with Gasteiger partial charge in [-0.3, -0.25) is 0 Å². The van der Waals surface area contributed by atoms with E-state index < -0.39 is 12.6 Å². The summed E-state index contributed by atoms with van der Waals surface area (Å²) >= 11 is 0. The number of hydrogen-bond donors (Lipinski definition) is 1. The van der Waals surface area contributed by atoms with Crippen molar-refractivity contribution in [2.24, 2.45) is 0 Å². The van der Waals surface area contributed by atoms with E-state index in [9.17, 15) is 13.2 Å². The van der Waals surface area contributed by atoms with Crippen LogP contribution < -0.4 is 10.1 Å². The van der Waals surface area contributed by atoms with Crippen molar-refractivity contribution in [3.05, 3.63) is 18.2 Å². The van der Waals surface area contributed by atoms with Crippen LogP contribution in [0, 0.1) is 0 Å². The van der Waals surface area contributed by atoms with Crippen LogP contribution in [0.4, 0.5) is 19.0 Å². The van der Waals surface area contributed by atoms with E-state index in [-0.39, 0.29) is 6.42 Å². The van der Waals surface area contributed by atoms with Crippen LogP contribution in [0.2, 0.25) is 0 Å². The van der Waals surface area contributed by atoms with Gasteiger partial charge in [-0.1, -0.05) is 6.07 Å². The standard InChI is InChI=1S/C12H17F3N2O/c1-2-18-11-7-5-6-10(17-11)16-9-4-3-8-12(13,14)15/h5-7H,2-4,8-9H2,1H3,(H,16,17). The first-order chi connectivity index (χ1) is 8.51. The van der Waals surface area contributed by atoms with Crippen LogP contribution in [-0.4, -0.2) is 24.3 Å². The zero-order chi connectivity index (χ0) is 13.4. The zero-order valence-corrected chi connectivity index (χ0v) is 10.3. The molecule has 3 nitrogen and oxygen atoms in total. The quantitative estimate of drug-likeness (QED) is 0.762. The second kappa shape index (κ2) is 7.08. The van der Waals surface area contributed by atoms with Crippen molar-refractivity contribution in [2.75, 3.05) is 18.5 Å². The Morgan fingerprint density at radius 2 is 2.06 bits per heavy atom. The second-order valence-corrected chi connectivity index (χ2v) is 3.79. The van der Waals surface area contributed by atoms with Gasteiger partial charge in [0.1, 0.15) is 5.82 Å². The van der Waals surface area contributed by atoms with Crippen molar-refractivity contribution >= 4 is 5.82 Å². The summed E-state index contributed by atoms with van der Waals surface area (Å²) in [5.74, 6) is 1.13. The molecule has 0 unspecified atom stereocenters. The summed E-state index contributed by atoms with van der Waals surface area (Å²) in [6.45, 7) is 2.86. The fourth-order valence-electron chi connectivity index (χ4n) is 1.41. The van der Waals surface area contributed by atoms with E-state index in [2.05, 4.69) is 10.3 Å². The number of ether oxygens (including phenoxy) is 1. The Kier molecular flexibility index (Phi) is 5.74. The number of unbranched alkanes of at least 4 members (excludes halogenated alkanes) is 1. The van der Waals surface area contributed by atoms with Gasteiger partial charge >= 0.3 is 6.18 Å². The van der Waals surface area contributed by atoms with Crippen LogP contribution in [0.3, 0.4) is 0 Å². The summed E-state index contributed by atoms with van der Waals surface area (Å²) in [5.41, 5.74) is 0. The van der Waals surface area contributed by atoms with Gasteiger partial charge < -0.3 is 10.1 Å². The van der Waals surface area contributed by atoms with Gasteiger partial charge in [0.15, 0.2) is 0 Å². The van der Waals surface area contributed by atoms with Crippen molar-refractivity contribution in [3.8, 4) is 5.88 Å². The molecule has 6 heteroatoms. The summed E-state index contributed by atoms with van der Waals surface area (Å²) < 4.78 is 40.9. The van der Waals surface area contributed by atoms with E-state index in [1.54, 1.807) is 18.2 Å². The molecular weight excluding hydrogens is 245 g/mol. The summed E-state index contributed by atoms with van der Waals surface area (Å²) in [7, 11) is 0. The molecule has 0 bridgehead atoms. The third-order valence-electron chi connectivity index (χ3n) is 2.21. The molecule has 0 saturated carbocycles. The van der Waals surface area contributed by atoms with Crippen molar-refractivity contribution in [1.29, 1.82) is 0 Å². The summed E-state index contributed by atoms with van der Waals surface area (Å²) in [6, 6.07) is 5.28. The lowest BCUT2D eigenvalue weighted by Gasteiger charge is -2.08. The fourth-order valence-corrected chi connectivity index (χ4v) is 1.41. The molecule has 18 heavy (non-hydrogen) atoms. The first-order valence-electron chi connectivity index (χ1n) is 5.92. The first-order valence-corrected chi connectivity index (χ1v) is 5.92. The number of halogens is 3. The number of nitrogens with zero attached hydrogens (tertiary/aromatic N) is 1. The van der Waals surface area contributed by atoms with Gasteiger partial charge in [-0.25, -0.2) is 0 Å². The van der Waals surface area contributed by atoms with E-state index in [1.165, 1.54) is 0 Å². The Morgan fingerprint density at radius 1 is 1.28 bits per heavy atom. The maximum Gasteiger partial charge on any atom is 0.389 e. The topological polar surface area (TPSA) is 34.1 Å². The average Bonchev–Trinajstić information content (AvgIpc) is 2.28. The minimum Gasteiger partial charge on any atom is -0.478 e. The van der Waals surface area contributed by atoms with E-state index in [1.807, 2.05) is 6.92 Å². The molecule has 0 aliphatic heterocycles. The van der Waals surface area contributed by atoms with Gasteiger partial charge in [-0.05, 0) is 25.8 Å². The molecule has 0 radical (unpaired) electrons. The Labute approximate surface area is 104 Å². The molecule has 1 heterocycles. The molecule has 0 aliphatic rings. The van der Waals surface area contributed by atoms with Crippen molar-refractivity contribution in [3.63, 3.8) is 0 Å². The minimum absolute atomic E-state index is 0.127. The van der Waals surface area contributed by atoms with Crippen molar-refractivity contribution in [1.82, 2.24) is 4.98 Å². The third kappa shape index (κ3) is 6.32. The number of aromatic nitrogens is 1. The van der Waals surface area contributed by atoms with Crippen molar-refractivity contribution < 1.29 is 17.9 Å². The molecule has 0 fully saturated rings. The molecule has 0 aromatic carbocycles. The summed E-state index contributed by atoms with van der Waals surface area (Å²) in [6.07, 6.45) is -4.21. The van der Waals surface area contributed by atoms with Crippen LogP contribution in [-0.2, 0) is 0 Å². The number of pyridine rings is 1. The molecule has 102 valence electrons. The van der Waals surface area contributed by atoms with Gasteiger partial charge in [0.25, 0.3) is 0 Å². The normalized spacial score (nSPS) is 11.3. The summed E-state index contributed by atoms with van der Waals surface area (Å²) in [5, 5.41) is 2.97. The highest BCUT2D eigenvalue weighted by Crippen LogP contribution is 2.22. The number of hydrogen-bond acceptors (Lipinski definition) is 3. The Bertz CT molecular complexity index is 355. The molecule has 0 amide bonds. The van der Waals surface area contributed by atoms with E-state index in [4.69, 9.17) is 4.74 Å². The highest BCUT2D eigenvalue weighted by Gasteiger charge is 2.25. The molecule has 1 aromatic heterocycles. The molecule has 1 rings (SSSR count). The SMILES string of the molecule is CCOc1cccc(NCCCCC(F)(F)F)n1. The predicted octanol–water partition coefficient (Wildman–Crippen LogP) is 3.62. The monoisotopic (exact) mass is 262 g/mol. The molecule has 0 spiro atoms. The zero-order valence-electron chi connectivity index (χ0n) is 10.3. The largest absolute Gasteiger partial charge is 0.478 e.